The van der Waals surface area contributed by atoms with Crippen molar-refractivity contribution in [2.75, 3.05) is 0 Å². The number of ether oxygens (including phenoxy) is 1. The lowest BCUT2D eigenvalue weighted by Crippen LogP contribution is -2.30. The first-order valence-electron chi connectivity index (χ1n) is 5.57. The first kappa shape index (κ1) is 16.7. The summed E-state index contributed by atoms with van der Waals surface area (Å²) in [4.78, 5) is 11.2. The number of hydrogen-bond donors (Lipinski definition) is 1. The SMILES string of the molecule is C=CC(=O)OC(C)c1ccccc1C(C)(C)N.Cl. The Bertz CT molecular complexity index is 424. The van der Waals surface area contributed by atoms with E-state index in [0.29, 0.717) is 0 Å². The second-order valence-corrected chi connectivity index (χ2v) is 4.59. The zero-order valence-electron chi connectivity index (χ0n) is 11.0. The Balaban J connectivity index is 0.00000289. The number of rotatable bonds is 4. The zero-order valence-corrected chi connectivity index (χ0v) is 11.8. The molecule has 1 aromatic carbocycles. The Labute approximate surface area is 114 Å². The van der Waals surface area contributed by atoms with Gasteiger partial charge in [-0.3, -0.25) is 0 Å². The second kappa shape index (κ2) is 6.57. The highest BCUT2D eigenvalue weighted by Crippen LogP contribution is 2.28. The molecule has 1 atom stereocenters. The minimum absolute atomic E-state index is 0. The van der Waals surface area contributed by atoms with Crippen molar-refractivity contribution in [3.63, 3.8) is 0 Å². The first-order chi connectivity index (χ1) is 7.86. The summed E-state index contributed by atoms with van der Waals surface area (Å²) in [5.74, 6) is -0.429. The number of carbonyl (C=O) groups is 1. The third kappa shape index (κ3) is 4.17. The maximum atomic E-state index is 11.2. The number of esters is 1. The lowest BCUT2D eigenvalue weighted by molar-refractivity contribution is -0.142. The van der Waals surface area contributed by atoms with Crippen LogP contribution >= 0.6 is 12.4 Å². The van der Waals surface area contributed by atoms with Crippen molar-refractivity contribution < 1.29 is 9.53 Å². The van der Waals surface area contributed by atoms with Crippen molar-refractivity contribution in [2.45, 2.75) is 32.4 Å². The minimum atomic E-state index is -0.467. The van der Waals surface area contributed by atoms with Gasteiger partial charge in [0.1, 0.15) is 6.10 Å². The average Bonchev–Trinajstić information content (AvgIpc) is 2.27. The summed E-state index contributed by atoms with van der Waals surface area (Å²) in [6, 6.07) is 7.71. The zero-order chi connectivity index (χ0) is 13.1. The highest BCUT2D eigenvalue weighted by atomic mass is 35.5. The predicted octanol–water partition coefficient (Wildman–Crippen LogP) is 3.09. The fourth-order valence-corrected chi connectivity index (χ4v) is 1.72. The molecule has 18 heavy (non-hydrogen) atoms. The van der Waals surface area contributed by atoms with E-state index >= 15 is 0 Å². The van der Waals surface area contributed by atoms with Gasteiger partial charge in [0.25, 0.3) is 0 Å². The van der Waals surface area contributed by atoms with Gasteiger partial charge in [-0.15, -0.1) is 12.4 Å². The van der Waals surface area contributed by atoms with Gasteiger partial charge >= 0.3 is 5.97 Å². The summed E-state index contributed by atoms with van der Waals surface area (Å²) in [6.45, 7) is 9.05. The van der Waals surface area contributed by atoms with Gasteiger partial charge in [0.15, 0.2) is 0 Å². The maximum absolute atomic E-state index is 11.2. The molecule has 0 radical (unpaired) electrons. The van der Waals surface area contributed by atoms with Crippen LogP contribution in [0.2, 0.25) is 0 Å². The Morgan fingerprint density at radius 2 is 2.00 bits per heavy atom. The molecule has 1 unspecified atom stereocenters. The standard InChI is InChI=1S/C14H19NO2.ClH/c1-5-13(16)17-10(2)11-8-6-7-9-12(11)14(3,4)15;/h5-10H,1,15H2,2-4H3;1H. The molecule has 0 heterocycles. The summed E-state index contributed by atoms with van der Waals surface area (Å²) in [5, 5.41) is 0. The van der Waals surface area contributed by atoms with Crippen LogP contribution in [0.15, 0.2) is 36.9 Å². The Morgan fingerprint density at radius 3 is 2.50 bits per heavy atom. The van der Waals surface area contributed by atoms with Crippen molar-refractivity contribution in [3.05, 3.63) is 48.0 Å². The molecule has 0 aliphatic carbocycles. The van der Waals surface area contributed by atoms with E-state index in [2.05, 4.69) is 6.58 Å². The van der Waals surface area contributed by atoms with Crippen LogP contribution in [0.25, 0.3) is 0 Å². The van der Waals surface area contributed by atoms with Crippen molar-refractivity contribution in [1.29, 1.82) is 0 Å². The molecule has 0 amide bonds. The topological polar surface area (TPSA) is 52.3 Å². The number of hydrogen-bond acceptors (Lipinski definition) is 3. The Kier molecular flexibility index (Phi) is 6.09. The van der Waals surface area contributed by atoms with Gasteiger partial charge in [-0.2, -0.15) is 0 Å². The van der Waals surface area contributed by atoms with E-state index in [0.717, 1.165) is 17.2 Å². The van der Waals surface area contributed by atoms with Gasteiger partial charge in [0.05, 0.1) is 0 Å². The van der Waals surface area contributed by atoms with Crippen molar-refractivity contribution in [1.82, 2.24) is 0 Å². The van der Waals surface area contributed by atoms with E-state index in [1.165, 1.54) is 0 Å². The molecule has 0 bridgehead atoms. The molecular formula is C14H20ClNO2. The molecule has 0 saturated heterocycles. The molecule has 100 valence electrons. The molecule has 0 aliphatic heterocycles. The average molecular weight is 270 g/mol. The number of benzene rings is 1. The molecule has 2 N–H and O–H groups in total. The van der Waals surface area contributed by atoms with Crippen LogP contribution in [-0.4, -0.2) is 5.97 Å². The van der Waals surface area contributed by atoms with Crippen LogP contribution in [0.4, 0.5) is 0 Å². The van der Waals surface area contributed by atoms with Crippen LogP contribution in [0, 0.1) is 0 Å². The molecule has 0 spiro atoms. The molecule has 0 fully saturated rings. The summed E-state index contributed by atoms with van der Waals surface area (Å²) in [7, 11) is 0. The third-order valence-electron chi connectivity index (χ3n) is 2.55. The van der Waals surface area contributed by atoms with Gasteiger partial charge in [-0.25, -0.2) is 4.79 Å². The lowest BCUT2D eigenvalue weighted by Gasteiger charge is -2.25. The smallest absolute Gasteiger partial charge is 0.330 e. The number of nitrogens with two attached hydrogens (primary N) is 1. The minimum Gasteiger partial charge on any atom is -0.455 e. The molecule has 0 aliphatic rings. The summed E-state index contributed by atoms with van der Waals surface area (Å²) < 4.78 is 5.21. The maximum Gasteiger partial charge on any atom is 0.330 e. The van der Waals surface area contributed by atoms with Crippen LogP contribution in [0.3, 0.4) is 0 Å². The van der Waals surface area contributed by atoms with E-state index in [9.17, 15) is 4.79 Å². The second-order valence-electron chi connectivity index (χ2n) is 4.59. The van der Waals surface area contributed by atoms with Crippen molar-refractivity contribution in [2.24, 2.45) is 5.73 Å². The van der Waals surface area contributed by atoms with Gasteiger partial charge in [0, 0.05) is 11.6 Å². The highest BCUT2D eigenvalue weighted by Gasteiger charge is 2.22. The highest BCUT2D eigenvalue weighted by molar-refractivity contribution is 5.85. The fourth-order valence-electron chi connectivity index (χ4n) is 1.72. The van der Waals surface area contributed by atoms with Crippen LogP contribution in [0.5, 0.6) is 0 Å². The Morgan fingerprint density at radius 1 is 1.44 bits per heavy atom. The van der Waals surface area contributed by atoms with Gasteiger partial charge < -0.3 is 10.5 Å². The van der Waals surface area contributed by atoms with Gasteiger partial charge in [0.2, 0.25) is 0 Å². The van der Waals surface area contributed by atoms with Crippen molar-refractivity contribution in [3.8, 4) is 0 Å². The van der Waals surface area contributed by atoms with E-state index < -0.39 is 11.5 Å². The van der Waals surface area contributed by atoms with E-state index in [1.807, 2.05) is 45.0 Å². The molecule has 3 nitrogen and oxygen atoms in total. The molecule has 0 saturated carbocycles. The van der Waals surface area contributed by atoms with Crippen LogP contribution < -0.4 is 5.73 Å². The lowest BCUT2D eigenvalue weighted by atomic mass is 9.89. The fraction of sp³-hybridized carbons (Fsp3) is 0.357. The predicted molar refractivity (Wildman–Crippen MR) is 75.6 cm³/mol. The number of halogens is 1. The first-order valence-corrected chi connectivity index (χ1v) is 5.57. The van der Waals surface area contributed by atoms with Crippen LogP contribution in [-0.2, 0) is 15.1 Å². The largest absolute Gasteiger partial charge is 0.455 e. The summed E-state index contributed by atoms with van der Waals surface area (Å²) in [6.07, 6.45) is 0.826. The van der Waals surface area contributed by atoms with E-state index in [1.54, 1.807) is 0 Å². The molecule has 1 aromatic rings. The molecule has 1 rings (SSSR count). The van der Waals surface area contributed by atoms with Crippen LogP contribution in [0.1, 0.15) is 38.0 Å². The molecular weight excluding hydrogens is 250 g/mol. The number of carbonyl (C=O) groups excluding carboxylic acids is 1. The summed E-state index contributed by atoms with van der Waals surface area (Å²) in [5.41, 5.74) is 7.53. The monoisotopic (exact) mass is 269 g/mol. The van der Waals surface area contributed by atoms with Gasteiger partial charge in [-0.1, -0.05) is 30.8 Å². The molecule has 4 heteroatoms. The van der Waals surface area contributed by atoms with E-state index in [4.69, 9.17) is 10.5 Å². The van der Waals surface area contributed by atoms with Crippen molar-refractivity contribution >= 4 is 18.4 Å². The van der Waals surface area contributed by atoms with Gasteiger partial charge in [-0.05, 0) is 31.9 Å². The quantitative estimate of drug-likeness (QED) is 0.675. The Hall–Kier alpha value is -1.32. The summed E-state index contributed by atoms with van der Waals surface area (Å²) >= 11 is 0. The third-order valence-corrected chi connectivity index (χ3v) is 2.55. The van der Waals surface area contributed by atoms with E-state index in [-0.39, 0.29) is 18.5 Å². The molecule has 0 aromatic heterocycles. The normalized spacial score (nSPS) is 12.2.